The minimum Gasteiger partial charge on any atom is -0.497 e. The molecule has 0 fully saturated rings. The highest BCUT2D eigenvalue weighted by atomic mass is 35.5. The molecule has 2 amide bonds. The van der Waals surface area contributed by atoms with Crippen LogP contribution < -0.4 is 15.4 Å². The number of hydrogen-bond acceptors (Lipinski definition) is 6. The summed E-state index contributed by atoms with van der Waals surface area (Å²) in [4.78, 5) is 30.2. The number of amides is 2. The maximum absolute atomic E-state index is 12.4. The lowest BCUT2D eigenvalue weighted by Crippen LogP contribution is -2.13. The fourth-order valence-corrected chi connectivity index (χ4v) is 4.69. The van der Waals surface area contributed by atoms with Crippen molar-refractivity contribution in [2.75, 3.05) is 23.5 Å². The van der Waals surface area contributed by atoms with Crippen LogP contribution in [0.25, 0.3) is 11.3 Å². The Kier molecular flexibility index (Phi) is 7.84. The molecule has 0 saturated heterocycles. The van der Waals surface area contributed by atoms with E-state index >= 15 is 0 Å². The average Bonchev–Trinajstić information content (AvgIpc) is 3.32. The number of carbonyl (C=O) groups is 2. The van der Waals surface area contributed by atoms with Crippen LogP contribution in [0.5, 0.6) is 5.75 Å². The van der Waals surface area contributed by atoms with Crippen molar-refractivity contribution in [3.63, 3.8) is 0 Å². The zero-order valence-electron chi connectivity index (χ0n) is 18.1. The van der Waals surface area contributed by atoms with Crippen LogP contribution in [-0.4, -0.2) is 29.7 Å². The van der Waals surface area contributed by atoms with E-state index < -0.39 is 0 Å². The molecule has 6 nitrogen and oxygen atoms in total. The molecular formula is C25H20ClN3O3S2. The number of benzene rings is 3. The molecule has 0 spiro atoms. The molecular weight excluding hydrogens is 490 g/mol. The van der Waals surface area contributed by atoms with Crippen molar-refractivity contribution in [3.8, 4) is 17.0 Å². The van der Waals surface area contributed by atoms with Gasteiger partial charge in [-0.1, -0.05) is 35.9 Å². The zero-order valence-corrected chi connectivity index (χ0v) is 20.5. The van der Waals surface area contributed by atoms with Crippen LogP contribution in [0.3, 0.4) is 0 Å². The first-order valence-electron chi connectivity index (χ1n) is 10.2. The Hall–Kier alpha value is -3.33. The fourth-order valence-electron chi connectivity index (χ4n) is 3.03. The first kappa shape index (κ1) is 23.8. The maximum atomic E-state index is 12.4. The number of hydrogen-bond donors (Lipinski definition) is 2. The highest BCUT2D eigenvalue weighted by molar-refractivity contribution is 8.00. The van der Waals surface area contributed by atoms with Crippen molar-refractivity contribution in [2.45, 2.75) is 4.90 Å². The Morgan fingerprint density at radius 3 is 2.59 bits per heavy atom. The van der Waals surface area contributed by atoms with Crippen LogP contribution in [0.2, 0.25) is 5.02 Å². The van der Waals surface area contributed by atoms with E-state index in [0.29, 0.717) is 27.2 Å². The van der Waals surface area contributed by atoms with Gasteiger partial charge < -0.3 is 15.4 Å². The summed E-state index contributed by atoms with van der Waals surface area (Å²) in [6.45, 7) is 0. The number of halogens is 1. The highest BCUT2D eigenvalue weighted by Gasteiger charge is 2.11. The lowest BCUT2D eigenvalue weighted by atomic mass is 10.2. The summed E-state index contributed by atoms with van der Waals surface area (Å²) in [5.41, 5.74) is 2.73. The van der Waals surface area contributed by atoms with Crippen molar-refractivity contribution >= 4 is 57.3 Å². The van der Waals surface area contributed by atoms with Crippen LogP contribution in [0.15, 0.2) is 83.1 Å². The second-order valence-corrected chi connectivity index (χ2v) is 9.38. The molecule has 4 aromatic rings. The van der Waals surface area contributed by atoms with Gasteiger partial charge in [0.15, 0.2) is 5.13 Å². The third-order valence-corrected chi connectivity index (χ3v) is 6.81. The van der Waals surface area contributed by atoms with Gasteiger partial charge in [0.05, 0.1) is 18.6 Å². The molecule has 0 aliphatic carbocycles. The number of rotatable bonds is 8. The quantitative estimate of drug-likeness (QED) is 0.266. The standard InChI is InChI=1S/C25H20ClN3O3S2/c1-32-18-6-4-5-16(13-18)24(31)27-17-9-11-19(12-10-17)33-15-23(30)29-25-28-22(14-34-25)20-7-2-3-8-21(20)26/h2-14H,15H2,1H3,(H,27,31)(H,28,29,30). The number of thiazole rings is 1. The van der Waals surface area contributed by atoms with Gasteiger partial charge >= 0.3 is 0 Å². The van der Waals surface area contributed by atoms with E-state index in [2.05, 4.69) is 15.6 Å². The summed E-state index contributed by atoms with van der Waals surface area (Å²) < 4.78 is 5.16. The topological polar surface area (TPSA) is 80.3 Å². The van der Waals surface area contributed by atoms with Crippen molar-refractivity contribution in [1.29, 1.82) is 0 Å². The van der Waals surface area contributed by atoms with Gasteiger partial charge in [-0.15, -0.1) is 23.1 Å². The predicted molar refractivity (Wildman–Crippen MR) is 139 cm³/mol. The van der Waals surface area contributed by atoms with Gasteiger partial charge in [-0.05, 0) is 48.5 Å². The number of anilines is 2. The number of thioether (sulfide) groups is 1. The number of ether oxygens (including phenoxy) is 1. The lowest BCUT2D eigenvalue weighted by Gasteiger charge is -2.08. The zero-order chi connectivity index (χ0) is 23.9. The minimum atomic E-state index is -0.224. The Balaban J connectivity index is 1.28. The van der Waals surface area contributed by atoms with Crippen LogP contribution in [0, 0.1) is 0 Å². The molecule has 1 heterocycles. The van der Waals surface area contributed by atoms with Gasteiger partial charge in [-0.25, -0.2) is 4.98 Å². The molecule has 0 aliphatic rings. The summed E-state index contributed by atoms with van der Waals surface area (Å²) >= 11 is 8.97. The second kappa shape index (κ2) is 11.2. The lowest BCUT2D eigenvalue weighted by molar-refractivity contribution is -0.113. The Labute approximate surface area is 210 Å². The van der Waals surface area contributed by atoms with E-state index in [-0.39, 0.29) is 17.6 Å². The molecule has 0 saturated carbocycles. The average molecular weight is 510 g/mol. The fraction of sp³-hybridized carbons (Fsp3) is 0.0800. The highest BCUT2D eigenvalue weighted by Crippen LogP contribution is 2.30. The van der Waals surface area contributed by atoms with Crippen molar-refractivity contribution in [1.82, 2.24) is 4.98 Å². The Morgan fingerprint density at radius 1 is 1.03 bits per heavy atom. The van der Waals surface area contributed by atoms with Crippen LogP contribution in [0.4, 0.5) is 10.8 Å². The SMILES string of the molecule is COc1cccc(C(=O)Nc2ccc(SCC(=O)Nc3nc(-c4ccccc4Cl)cs3)cc2)c1. The number of aromatic nitrogens is 1. The molecule has 0 atom stereocenters. The van der Waals surface area contributed by atoms with E-state index in [0.717, 1.165) is 16.2 Å². The molecule has 9 heteroatoms. The van der Waals surface area contributed by atoms with Crippen LogP contribution in [-0.2, 0) is 4.79 Å². The van der Waals surface area contributed by atoms with E-state index in [1.54, 1.807) is 49.6 Å². The molecule has 0 radical (unpaired) electrons. The largest absolute Gasteiger partial charge is 0.497 e. The molecule has 0 unspecified atom stereocenters. The van der Waals surface area contributed by atoms with E-state index in [4.69, 9.17) is 16.3 Å². The van der Waals surface area contributed by atoms with Crippen LogP contribution in [0.1, 0.15) is 10.4 Å². The molecule has 172 valence electrons. The van der Waals surface area contributed by atoms with Gasteiger partial charge in [-0.2, -0.15) is 0 Å². The summed E-state index contributed by atoms with van der Waals surface area (Å²) in [7, 11) is 1.56. The minimum absolute atomic E-state index is 0.152. The molecule has 0 bridgehead atoms. The van der Waals surface area contributed by atoms with Gasteiger partial charge in [0.1, 0.15) is 5.75 Å². The van der Waals surface area contributed by atoms with Crippen molar-refractivity contribution < 1.29 is 14.3 Å². The van der Waals surface area contributed by atoms with Gasteiger partial charge in [0, 0.05) is 32.1 Å². The van der Waals surface area contributed by atoms with Gasteiger partial charge in [-0.3, -0.25) is 9.59 Å². The van der Waals surface area contributed by atoms with Crippen molar-refractivity contribution in [3.05, 3.63) is 88.8 Å². The molecule has 3 aromatic carbocycles. The summed E-state index contributed by atoms with van der Waals surface area (Å²) in [5, 5.41) is 8.68. The van der Waals surface area contributed by atoms with E-state index in [1.807, 2.05) is 35.7 Å². The third kappa shape index (κ3) is 6.17. The third-order valence-electron chi connectivity index (χ3n) is 4.71. The first-order chi connectivity index (χ1) is 16.5. The van der Waals surface area contributed by atoms with E-state index in [1.165, 1.54) is 23.1 Å². The number of carbonyl (C=O) groups excluding carboxylic acids is 2. The van der Waals surface area contributed by atoms with Crippen LogP contribution >= 0.6 is 34.7 Å². The molecule has 1 aromatic heterocycles. The predicted octanol–water partition coefficient (Wildman–Crippen LogP) is 6.46. The smallest absolute Gasteiger partial charge is 0.255 e. The summed E-state index contributed by atoms with van der Waals surface area (Å²) in [6, 6.07) is 21.7. The number of nitrogens with one attached hydrogen (secondary N) is 2. The summed E-state index contributed by atoms with van der Waals surface area (Å²) in [6.07, 6.45) is 0. The molecule has 34 heavy (non-hydrogen) atoms. The molecule has 0 aliphatic heterocycles. The number of nitrogens with zero attached hydrogens (tertiary/aromatic N) is 1. The van der Waals surface area contributed by atoms with Gasteiger partial charge in [0.2, 0.25) is 5.91 Å². The monoisotopic (exact) mass is 509 g/mol. The summed E-state index contributed by atoms with van der Waals surface area (Å²) in [5.74, 6) is 0.477. The maximum Gasteiger partial charge on any atom is 0.255 e. The molecule has 4 rings (SSSR count). The first-order valence-corrected chi connectivity index (χ1v) is 12.4. The second-order valence-electron chi connectivity index (χ2n) is 7.07. The normalized spacial score (nSPS) is 10.5. The Morgan fingerprint density at radius 2 is 1.82 bits per heavy atom. The number of methoxy groups -OCH3 is 1. The Bertz CT molecular complexity index is 1310. The molecule has 2 N–H and O–H groups in total. The van der Waals surface area contributed by atoms with E-state index in [9.17, 15) is 9.59 Å². The van der Waals surface area contributed by atoms with Gasteiger partial charge in [0.25, 0.3) is 5.91 Å². The van der Waals surface area contributed by atoms with Crippen molar-refractivity contribution in [2.24, 2.45) is 0 Å².